The normalized spacial score (nSPS) is 16.5. The average molecular weight is 289 g/mol. The Morgan fingerprint density at radius 2 is 1.60 bits per heavy atom. The van der Waals surface area contributed by atoms with Crippen molar-refractivity contribution in [3.8, 4) is 0 Å². The molecule has 0 radical (unpaired) electrons. The van der Waals surface area contributed by atoms with Crippen molar-refractivity contribution in [3.63, 3.8) is 0 Å². The Labute approximate surface area is 123 Å². The van der Waals surface area contributed by atoms with Crippen molar-refractivity contribution in [2.45, 2.75) is 38.7 Å². The van der Waals surface area contributed by atoms with E-state index < -0.39 is 0 Å². The van der Waals surface area contributed by atoms with E-state index in [1.54, 1.807) is 0 Å². The maximum atomic E-state index is 9.63. The maximum absolute atomic E-state index is 9.63. The summed E-state index contributed by atoms with van der Waals surface area (Å²) in [5.74, 6) is 0.538. The zero-order valence-electron chi connectivity index (χ0n) is 12.8. The third-order valence-electron chi connectivity index (χ3n) is 3.33. The fraction of sp³-hybridized carbons (Fsp3) is 1.00. The van der Waals surface area contributed by atoms with E-state index in [0.29, 0.717) is 45.5 Å². The molecule has 0 aromatic carbocycles. The maximum Gasteiger partial charge on any atom is 0.0701 e. The van der Waals surface area contributed by atoms with Gasteiger partial charge in [0, 0.05) is 19.7 Å². The number of aliphatic hydroxyl groups is 1. The number of rotatable bonds is 15. The zero-order valence-corrected chi connectivity index (χ0v) is 12.8. The Hall–Kier alpha value is -0.200. The molecule has 0 aliphatic heterocycles. The lowest BCUT2D eigenvalue weighted by atomic mass is 10.2. The first kappa shape index (κ1) is 17.9. The molecule has 0 aromatic rings. The summed E-state index contributed by atoms with van der Waals surface area (Å²) in [5, 5.41) is 12.8. The summed E-state index contributed by atoms with van der Waals surface area (Å²) < 4.78 is 16.2. The Balaban J connectivity index is 1.66. The van der Waals surface area contributed by atoms with Gasteiger partial charge < -0.3 is 24.6 Å². The van der Waals surface area contributed by atoms with Gasteiger partial charge in [0.25, 0.3) is 0 Å². The minimum Gasteiger partial charge on any atom is -0.392 e. The summed E-state index contributed by atoms with van der Waals surface area (Å²) >= 11 is 0. The molecule has 0 bridgehead atoms. The standard InChI is InChI=1S/C15H31NO4/c1-2-3-7-18-9-11-20-12-10-19-8-6-16-13-15(17)14-4-5-14/h14-17H,2-13H2,1H3. The van der Waals surface area contributed by atoms with Crippen LogP contribution < -0.4 is 5.32 Å². The summed E-state index contributed by atoms with van der Waals surface area (Å²) in [7, 11) is 0. The van der Waals surface area contributed by atoms with Crippen LogP contribution in [0.2, 0.25) is 0 Å². The second kappa shape index (κ2) is 12.5. The predicted molar refractivity (Wildman–Crippen MR) is 79.0 cm³/mol. The third-order valence-corrected chi connectivity index (χ3v) is 3.33. The van der Waals surface area contributed by atoms with Crippen molar-refractivity contribution in [3.05, 3.63) is 0 Å². The van der Waals surface area contributed by atoms with Gasteiger partial charge in [-0.2, -0.15) is 0 Å². The highest BCUT2D eigenvalue weighted by Gasteiger charge is 2.28. The van der Waals surface area contributed by atoms with Gasteiger partial charge in [-0.25, -0.2) is 0 Å². The number of nitrogens with one attached hydrogen (secondary N) is 1. The minimum absolute atomic E-state index is 0.175. The van der Waals surface area contributed by atoms with E-state index in [2.05, 4.69) is 12.2 Å². The zero-order chi connectivity index (χ0) is 14.5. The average Bonchev–Trinajstić information content (AvgIpc) is 3.28. The van der Waals surface area contributed by atoms with Gasteiger partial charge in [0.15, 0.2) is 0 Å². The largest absolute Gasteiger partial charge is 0.392 e. The van der Waals surface area contributed by atoms with Crippen molar-refractivity contribution < 1.29 is 19.3 Å². The first-order valence-corrected chi connectivity index (χ1v) is 7.96. The first-order valence-electron chi connectivity index (χ1n) is 7.96. The van der Waals surface area contributed by atoms with Crippen LogP contribution in [0.5, 0.6) is 0 Å². The van der Waals surface area contributed by atoms with Gasteiger partial charge in [0.1, 0.15) is 0 Å². The Bertz CT molecular complexity index is 212. The summed E-state index contributed by atoms with van der Waals surface area (Å²) in [6, 6.07) is 0. The number of ether oxygens (including phenoxy) is 3. The van der Waals surface area contributed by atoms with Crippen LogP contribution in [0.3, 0.4) is 0 Å². The Kier molecular flexibility index (Phi) is 11.2. The highest BCUT2D eigenvalue weighted by Crippen LogP contribution is 2.32. The monoisotopic (exact) mass is 289 g/mol. The first-order chi connectivity index (χ1) is 9.84. The van der Waals surface area contributed by atoms with Gasteiger partial charge >= 0.3 is 0 Å². The molecule has 0 heterocycles. The van der Waals surface area contributed by atoms with Gasteiger partial charge in [-0.15, -0.1) is 0 Å². The molecule has 1 aliphatic carbocycles. The molecule has 1 fully saturated rings. The van der Waals surface area contributed by atoms with Gasteiger partial charge in [0.05, 0.1) is 39.1 Å². The fourth-order valence-corrected chi connectivity index (χ4v) is 1.83. The highest BCUT2D eigenvalue weighted by atomic mass is 16.5. The summed E-state index contributed by atoms with van der Waals surface area (Å²) in [5.41, 5.74) is 0. The second-order valence-corrected chi connectivity index (χ2v) is 5.30. The van der Waals surface area contributed by atoms with E-state index in [9.17, 15) is 5.11 Å². The van der Waals surface area contributed by atoms with Crippen molar-refractivity contribution in [1.82, 2.24) is 5.32 Å². The molecular weight excluding hydrogens is 258 g/mol. The van der Waals surface area contributed by atoms with E-state index in [1.165, 1.54) is 19.3 Å². The van der Waals surface area contributed by atoms with E-state index in [-0.39, 0.29) is 6.10 Å². The molecule has 0 aromatic heterocycles. The molecule has 0 spiro atoms. The fourth-order valence-electron chi connectivity index (χ4n) is 1.83. The number of unbranched alkanes of at least 4 members (excludes halogenated alkanes) is 1. The van der Waals surface area contributed by atoms with Gasteiger partial charge in [-0.3, -0.25) is 0 Å². The molecule has 120 valence electrons. The quantitative estimate of drug-likeness (QED) is 0.444. The summed E-state index contributed by atoms with van der Waals surface area (Å²) in [6.07, 6.45) is 4.47. The Morgan fingerprint density at radius 1 is 1.00 bits per heavy atom. The van der Waals surface area contributed by atoms with Gasteiger partial charge in [-0.1, -0.05) is 13.3 Å². The molecule has 1 aliphatic rings. The number of hydrogen-bond donors (Lipinski definition) is 2. The molecule has 2 N–H and O–H groups in total. The van der Waals surface area contributed by atoms with Crippen molar-refractivity contribution in [1.29, 1.82) is 0 Å². The molecule has 1 atom stereocenters. The molecular formula is C15H31NO4. The van der Waals surface area contributed by atoms with Crippen LogP contribution in [0, 0.1) is 5.92 Å². The van der Waals surface area contributed by atoms with Crippen LogP contribution >= 0.6 is 0 Å². The molecule has 1 saturated carbocycles. The predicted octanol–water partition coefficient (Wildman–Crippen LogP) is 1.20. The smallest absolute Gasteiger partial charge is 0.0701 e. The van der Waals surface area contributed by atoms with Crippen LogP contribution in [0.25, 0.3) is 0 Å². The molecule has 20 heavy (non-hydrogen) atoms. The van der Waals surface area contributed by atoms with E-state index in [1.807, 2.05) is 0 Å². The van der Waals surface area contributed by atoms with E-state index in [0.717, 1.165) is 19.6 Å². The van der Waals surface area contributed by atoms with Crippen molar-refractivity contribution in [2.24, 2.45) is 5.92 Å². The molecule has 5 nitrogen and oxygen atoms in total. The topological polar surface area (TPSA) is 60.0 Å². The highest BCUT2D eigenvalue weighted by molar-refractivity contribution is 4.81. The SMILES string of the molecule is CCCCOCCOCCOCCNCC(O)C1CC1. The third kappa shape index (κ3) is 10.6. The van der Waals surface area contributed by atoms with Crippen LogP contribution in [-0.2, 0) is 14.2 Å². The minimum atomic E-state index is -0.175. The second-order valence-electron chi connectivity index (χ2n) is 5.30. The van der Waals surface area contributed by atoms with Gasteiger partial charge in [-0.05, 0) is 25.2 Å². The summed E-state index contributed by atoms with van der Waals surface area (Å²) in [6.45, 7) is 7.63. The lowest BCUT2D eigenvalue weighted by molar-refractivity contribution is 0.0143. The van der Waals surface area contributed by atoms with Crippen molar-refractivity contribution >= 4 is 0 Å². The van der Waals surface area contributed by atoms with Crippen LogP contribution in [0.1, 0.15) is 32.6 Å². The van der Waals surface area contributed by atoms with Crippen molar-refractivity contribution in [2.75, 3.05) is 52.7 Å². The lowest BCUT2D eigenvalue weighted by Crippen LogP contribution is -2.30. The summed E-state index contributed by atoms with van der Waals surface area (Å²) in [4.78, 5) is 0. The molecule has 1 unspecified atom stereocenters. The van der Waals surface area contributed by atoms with E-state index in [4.69, 9.17) is 14.2 Å². The number of hydrogen-bond acceptors (Lipinski definition) is 5. The van der Waals surface area contributed by atoms with Crippen LogP contribution in [-0.4, -0.2) is 63.9 Å². The molecule has 0 amide bonds. The molecule has 1 rings (SSSR count). The lowest BCUT2D eigenvalue weighted by Gasteiger charge is -2.10. The Morgan fingerprint density at radius 3 is 2.20 bits per heavy atom. The van der Waals surface area contributed by atoms with Gasteiger partial charge in [0.2, 0.25) is 0 Å². The van der Waals surface area contributed by atoms with E-state index >= 15 is 0 Å². The van der Waals surface area contributed by atoms with Crippen LogP contribution in [0.4, 0.5) is 0 Å². The van der Waals surface area contributed by atoms with Crippen LogP contribution in [0.15, 0.2) is 0 Å². The number of aliphatic hydroxyl groups excluding tert-OH is 1. The molecule has 0 saturated heterocycles. The molecule has 5 heteroatoms.